The molecule has 0 aliphatic rings. The Morgan fingerprint density at radius 3 is 1.62 bits per heavy atom. The molecule has 0 saturated heterocycles. The first-order valence-corrected chi connectivity index (χ1v) is 3.27. The topological polar surface area (TPSA) is 0 Å². The zero-order valence-corrected chi connectivity index (χ0v) is 9.77. The molecule has 1 heterocycles. The van der Waals surface area contributed by atoms with Gasteiger partial charge in [-0.15, -0.1) is 11.3 Å². The third kappa shape index (κ3) is 3.18. The van der Waals surface area contributed by atoms with Crippen LogP contribution < -0.4 is 0 Å². The average molecular weight is 192 g/mol. The van der Waals surface area contributed by atoms with Crippen molar-refractivity contribution in [1.82, 2.24) is 0 Å². The fourth-order valence-corrected chi connectivity index (χ4v) is 1.49. The Kier molecular flexibility index (Phi) is 5.81. The van der Waals surface area contributed by atoms with Crippen LogP contribution in [0.25, 0.3) is 0 Å². The summed E-state index contributed by atoms with van der Waals surface area (Å²) in [5.41, 5.74) is 0. The maximum Gasteiger partial charge on any atom is 0.0944 e. The van der Waals surface area contributed by atoms with Crippen molar-refractivity contribution in [1.29, 1.82) is 0 Å². The van der Waals surface area contributed by atoms with E-state index < -0.39 is 0 Å². The van der Waals surface area contributed by atoms with Crippen molar-refractivity contribution in [3.63, 3.8) is 0 Å². The molecule has 1 rings (SSSR count). The summed E-state index contributed by atoms with van der Waals surface area (Å²) in [6, 6.07) is 3.54. The van der Waals surface area contributed by atoms with Gasteiger partial charge < -0.3 is 0 Å². The molecule has 1 radical (unpaired) electrons. The molecule has 0 N–H and O–H groups in total. The molecule has 0 aromatic carbocycles. The van der Waals surface area contributed by atoms with Gasteiger partial charge in [0.15, 0.2) is 0 Å². The van der Waals surface area contributed by atoms with Gasteiger partial charge in [-0.3, -0.25) is 0 Å². The van der Waals surface area contributed by atoms with Crippen LogP contribution in [0.4, 0.5) is 0 Å². The molecular weight excluding hydrogens is 190 g/mol. The van der Waals surface area contributed by atoms with E-state index in [2.05, 4.69) is 0 Å². The van der Waals surface area contributed by atoms with E-state index in [1.54, 1.807) is 12.1 Å². The maximum absolute atomic E-state index is 5.49. The second-order valence-corrected chi connectivity index (χ2v) is 3.39. The van der Waals surface area contributed by atoms with Crippen LogP contribution in [-0.4, -0.2) is 51.4 Å². The first-order chi connectivity index (χ1) is 3.29. The molecule has 0 aliphatic carbocycles. The zero-order chi connectivity index (χ0) is 5.28. The summed E-state index contributed by atoms with van der Waals surface area (Å²) in [5, 5.41) is 0. The SMILES string of the molecule is Clc1ccc(Cl)s1.[K]. The largest absolute Gasteiger partial charge is 0.112 e. The normalized spacial score (nSPS) is 8.25. The molecule has 4 heteroatoms. The van der Waals surface area contributed by atoms with Crippen molar-refractivity contribution < 1.29 is 0 Å². The molecule has 1 aromatic rings. The van der Waals surface area contributed by atoms with Gasteiger partial charge in [-0.1, -0.05) is 23.2 Å². The second kappa shape index (κ2) is 4.69. The minimum atomic E-state index is 0. The molecule has 0 nitrogen and oxygen atoms in total. The van der Waals surface area contributed by atoms with E-state index in [0.29, 0.717) is 0 Å². The standard InChI is InChI=1S/C4H2Cl2S.K/c5-3-1-2-4(6)7-3;/h1-2H;. The predicted octanol–water partition coefficient (Wildman–Crippen LogP) is 2.67. The third-order valence-corrected chi connectivity index (χ3v) is 1.92. The summed E-state index contributed by atoms with van der Waals surface area (Å²) < 4.78 is 1.48. The first kappa shape index (κ1) is 9.92. The molecule has 1 aromatic heterocycles. The van der Waals surface area contributed by atoms with Gasteiger partial charge in [0, 0.05) is 51.4 Å². The zero-order valence-electron chi connectivity index (χ0n) is 4.32. The number of halogens is 2. The monoisotopic (exact) mass is 191 g/mol. The van der Waals surface area contributed by atoms with Crippen LogP contribution in [0.3, 0.4) is 0 Å². The van der Waals surface area contributed by atoms with E-state index in [-0.39, 0.29) is 51.4 Å². The van der Waals surface area contributed by atoms with E-state index in [9.17, 15) is 0 Å². The molecule has 0 unspecified atom stereocenters. The van der Waals surface area contributed by atoms with Crippen LogP contribution in [0.5, 0.6) is 0 Å². The molecule has 0 atom stereocenters. The Balaban J connectivity index is 0.000000490. The molecule has 8 heavy (non-hydrogen) atoms. The molecule has 39 valence electrons. The molecule has 0 amide bonds. The minimum Gasteiger partial charge on any atom is -0.112 e. The van der Waals surface area contributed by atoms with Crippen LogP contribution in [0.15, 0.2) is 12.1 Å². The molecule has 0 aliphatic heterocycles. The summed E-state index contributed by atoms with van der Waals surface area (Å²) in [5.74, 6) is 0. The number of rotatable bonds is 0. The smallest absolute Gasteiger partial charge is 0.0944 e. The van der Waals surface area contributed by atoms with Crippen LogP contribution in [0, 0.1) is 0 Å². The van der Waals surface area contributed by atoms with Crippen molar-refractivity contribution in [2.24, 2.45) is 0 Å². The van der Waals surface area contributed by atoms with Crippen LogP contribution in [0.2, 0.25) is 8.67 Å². The van der Waals surface area contributed by atoms with Crippen LogP contribution >= 0.6 is 34.5 Å². The Morgan fingerprint density at radius 1 is 1.12 bits per heavy atom. The number of thiophene rings is 1. The minimum absolute atomic E-state index is 0. The van der Waals surface area contributed by atoms with Crippen LogP contribution in [0.1, 0.15) is 0 Å². The van der Waals surface area contributed by atoms with Crippen molar-refractivity contribution in [2.45, 2.75) is 0 Å². The van der Waals surface area contributed by atoms with Gasteiger partial charge >= 0.3 is 0 Å². The third-order valence-electron chi connectivity index (χ3n) is 0.540. The fraction of sp³-hybridized carbons (Fsp3) is 0. The maximum atomic E-state index is 5.49. The summed E-state index contributed by atoms with van der Waals surface area (Å²) in [6.07, 6.45) is 0. The number of hydrogen-bond acceptors (Lipinski definition) is 1. The van der Waals surface area contributed by atoms with Gasteiger partial charge in [-0.05, 0) is 12.1 Å². The summed E-state index contributed by atoms with van der Waals surface area (Å²) in [7, 11) is 0. The summed E-state index contributed by atoms with van der Waals surface area (Å²) >= 11 is 12.4. The van der Waals surface area contributed by atoms with Gasteiger partial charge in [0.2, 0.25) is 0 Å². The first-order valence-electron chi connectivity index (χ1n) is 1.70. The van der Waals surface area contributed by atoms with Gasteiger partial charge in [0.05, 0.1) is 8.67 Å². The van der Waals surface area contributed by atoms with E-state index in [4.69, 9.17) is 23.2 Å². The van der Waals surface area contributed by atoms with Crippen molar-refractivity contribution >= 4 is 85.9 Å². The van der Waals surface area contributed by atoms with Crippen molar-refractivity contribution in [3.8, 4) is 0 Å². The Morgan fingerprint density at radius 2 is 1.50 bits per heavy atom. The summed E-state index contributed by atoms with van der Waals surface area (Å²) in [6.45, 7) is 0. The van der Waals surface area contributed by atoms with Crippen molar-refractivity contribution in [3.05, 3.63) is 20.8 Å². The van der Waals surface area contributed by atoms with E-state index in [0.717, 1.165) is 8.67 Å². The number of hydrogen-bond donors (Lipinski definition) is 0. The Hall–Kier alpha value is 1.92. The Bertz CT molecular complexity index is 146. The van der Waals surface area contributed by atoms with Crippen LogP contribution in [-0.2, 0) is 0 Å². The van der Waals surface area contributed by atoms with Crippen molar-refractivity contribution in [2.75, 3.05) is 0 Å². The molecule has 0 fully saturated rings. The van der Waals surface area contributed by atoms with E-state index >= 15 is 0 Å². The van der Waals surface area contributed by atoms with E-state index in [1.165, 1.54) is 11.3 Å². The quantitative estimate of drug-likeness (QED) is 0.554. The molecule has 0 saturated carbocycles. The fourth-order valence-electron chi connectivity index (χ4n) is 0.292. The molecular formula is C4H2Cl2KS. The summed E-state index contributed by atoms with van der Waals surface area (Å²) in [4.78, 5) is 0. The molecule has 0 bridgehead atoms. The van der Waals surface area contributed by atoms with Gasteiger partial charge in [-0.25, -0.2) is 0 Å². The second-order valence-electron chi connectivity index (χ2n) is 1.04. The predicted molar refractivity (Wildman–Crippen MR) is 40.1 cm³/mol. The Labute approximate surface area is 105 Å². The molecule has 0 spiro atoms. The van der Waals surface area contributed by atoms with Gasteiger partial charge in [-0.2, -0.15) is 0 Å². The van der Waals surface area contributed by atoms with Gasteiger partial charge in [0.1, 0.15) is 0 Å². The van der Waals surface area contributed by atoms with Gasteiger partial charge in [0.25, 0.3) is 0 Å². The average Bonchev–Trinajstić information content (AvgIpc) is 1.87. The van der Waals surface area contributed by atoms with E-state index in [1.807, 2.05) is 0 Å².